The molecule has 0 saturated heterocycles. The number of aliphatic hydroxyl groups excluding tert-OH is 1. The fourth-order valence-electron chi connectivity index (χ4n) is 7.72. The average molecular weight is 452 g/mol. The van der Waals surface area contributed by atoms with Crippen molar-refractivity contribution in [1.29, 1.82) is 0 Å². The van der Waals surface area contributed by atoms with Crippen LogP contribution in [0.4, 0.5) is 5.69 Å². The lowest BCUT2D eigenvalue weighted by Gasteiger charge is -2.55. The van der Waals surface area contributed by atoms with Gasteiger partial charge in [-0.2, -0.15) is 0 Å². The highest BCUT2D eigenvalue weighted by molar-refractivity contribution is 5.93. The van der Waals surface area contributed by atoms with E-state index >= 15 is 0 Å². The van der Waals surface area contributed by atoms with Crippen LogP contribution in [-0.4, -0.2) is 35.3 Å². The van der Waals surface area contributed by atoms with E-state index in [-0.39, 0.29) is 31.1 Å². The van der Waals surface area contributed by atoms with Gasteiger partial charge in [-0.25, -0.2) is 0 Å². The molecule has 5 atom stereocenters. The molecule has 0 aliphatic heterocycles. The molecule has 4 aliphatic rings. The number of rotatable bonds is 5. The maximum Gasteiger partial charge on any atom is 0.156 e. The van der Waals surface area contributed by atoms with Crippen molar-refractivity contribution in [1.82, 2.24) is 0 Å². The minimum Gasteiger partial charge on any atom is -0.396 e. The Morgan fingerprint density at radius 2 is 1.88 bits per heavy atom. The first-order valence-electron chi connectivity index (χ1n) is 12.5. The molecule has 0 amide bonds. The van der Waals surface area contributed by atoms with E-state index < -0.39 is 5.60 Å². The molecular formula is C29H41NO3. The molecule has 1 aromatic rings. The lowest BCUT2D eigenvalue weighted by atomic mass is 9.51. The van der Waals surface area contributed by atoms with E-state index in [9.17, 15) is 15.0 Å². The van der Waals surface area contributed by atoms with Crippen molar-refractivity contribution in [3.05, 3.63) is 52.6 Å². The molecule has 0 radical (unpaired) electrons. The monoisotopic (exact) mass is 451 g/mol. The summed E-state index contributed by atoms with van der Waals surface area (Å²) in [6.45, 7) is 2.47. The van der Waals surface area contributed by atoms with Crippen molar-refractivity contribution in [2.45, 2.75) is 83.7 Å². The summed E-state index contributed by atoms with van der Waals surface area (Å²) >= 11 is 0. The smallest absolute Gasteiger partial charge is 0.156 e. The molecule has 2 saturated carbocycles. The number of anilines is 1. The number of ketones is 1. The topological polar surface area (TPSA) is 69.6 Å². The van der Waals surface area contributed by atoms with Crippen LogP contribution in [0.3, 0.4) is 0 Å². The van der Waals surface area contributed by atoms with Gasteiger partial charge in [-0.3, -0.25) is 4.79 Å². The van der Waals surface area contributed by atoms with Crippen molar-refractivity contribution in [3.8, 4) is 0 Å². The molecule has 0 spiro atoms. The van der Waals surface area contributed by atoms with Crippen LogP contribution in [-0.2, 0) is 4.79 Å². The van der Waals surface area contributed by atoms with Crippen LogP contribution in [0.2, 0.25) is 0 Å². The van der Waals surface area contributed by atoms with Gasteiger partial charge in [-0.1, -0.05) is 32.1 Å². The number of benzene rings is 1. The quantitative estimate of drug-likeness (QED) is 0.532. The van der Waals surface area contributed by atoms with Gasteiger partial charge in [0.2, 0.25) is 0 Å². The standard InChI is InChI=1S/C28H37NO3.CH4/c1-27-17-24(18-4-7-20(29-2)8-5-18)26-22-11-9-21(31)16-19(22)6-10-23(26)25(27)12-14-28(27,32)13-3-15-30;/h4-5,7-8,16,23-25,29-30,32H,3,6,9-15,17H2,1-2H3;1H4/t23?,24-,25?,27-,28-;/m1./s1. The Labute approximate surface area is 199 Å². The third-order valence-corrected chi connectivity index (χ3v) is 9.41. The van der Waals surface area contributed by atoms with Gasteiger partial charge >= 0.3 is 0 Å². The highest BCUT2D eigenvalue weighted by atomic mass is 16.3. The molecule has 4 heteroatoms. The zero-order chi connectivity index (χ0) is 22.5. The Hall–Kier alpha value is -1.91. The van der Waals surface area contributed by atoms with Gasteiger partial charge in [0.05, 0.1) is 5.60 Å². The third kappa shape index (κ3) is 3.80. The van der Waals surface area contributed by atoms with Crippen LogP contribution >= 0.6 is 0 Å². The van der Waals surface area contributed by atoms with Crippen molar-refractivity contribution in [3.63, 3.8) is 0 Å². The van der Waals surface area contributed by atoms with Gasteiger partial charge in [-0.15, -0.1) is 0 Å². The van der Waals surface area contributed by atoms with E-state index in [0.29, 0.717) is 31.1 Å². The number of fused-ring (bicyclic) bond motifs is 4. The molecule has 4 aliphatic carbocycles. The van der Waals surface area contributed by atoms with Gasteiger partial charge in [0.15, 0.2) is 5.78 Å². The highest BCUT2D eigenvalue weighted by Gasteiger charge is 2.62. The summed E-state index contributed by atoms with van der Waals surface area (Å²) in [6, 6.07) is 8.80. The van der Waals surface area contributed by atoms with Crippen LogP contribution < -0.4 is 5.32 Å². The number of hydrogen-bond donors (Lipinski definition) is 3. The number of allylic oxidation sites excluding steroid dienone is 4. The van der Waals surface area contributed by atoms with Crippen molar-refractivity contribution in [2.24, 2.45) is 17.3 Å². The van der Waals surface area contributed by atoms with E-state index in [1.54, 1.807) is 5.57 Å². The summed E-state index contributed by atoms with van der Waals surface area (Å²) in [5.74, 6) is 1.50. The molecule has 0 bridgehead atoms. The molecule has 180 valence electrons. The minimum absolute atomic E-state index is 0. The largest absolute Gasteiger partial charge is 0.396 e. The Morgan fingerprint density at radius 3 is 2.58 bits per heavy atom. The molecule has 5 rings (SSSR count). The molecular weight excluding hydrogens is 410 g/mol. The van der Waals surface area contributed by atoms with Crippen LogP contribution in [0.25, 0.3) is 0 Å². The van der Waals surface area contributed by atoms with Crippen LogP contribution in [0, 0.1) is 17.3 Å². The summed E-state index contributed by atoms with van der Waals surface area (Å²) in [7, 11) is 1.94. The van der Waals surface area contributed by atoms with Gasteiger partial charge in [0, 0.05) is 37.1 Å². The minimum atomic E-state index is -0.710. The number of hydrogen-bond acceptors (Lipinski definition) is 4. The third-order valence-electron chi connectivity index (χ3n) is 9.41. The number of carbonyl (C=O) groups excluding carboxylic acids is 1. The number of nitrogens with one attached hydrogen (secondary N) is 1. The Bertz CT molecular complexity index is 962. The van der Waals surface area contributed by atoms with E-state index in [0.717, 1.165) is 44.2 Å². The SMILES string of the molecule is C.CNc1ccc([C@H]2C[C@]3(C)C(CC[C@]3(O)CCCO)C3CCC4=CC(=O)CCC4=C32)cc1. The van der Waals surface area contributed by atoms with E-state index in [1.165, 1.54) is 16.7 Å². The Morgan fingerprint density at radius 1 is 1.12 bits per heavy atom. The second-order valence-corrected chi connectivity index (χ2v) is 10.8. The average Bonchev–Trinajstić information content (AvgIpc) is 3.07. The first kappa shape index (κ1) is 24.2. The second kappa shape index (κ2) is 9.03. The summed E-state index contributed by atoms with van der Waals surface area (Å²) < 4.78 is 0. The van der Waals surface area contributed by atoms with Crippen LogP contribution in [0.1, 0.15) is 83.6 Å². The highest BCUT2D eigenvalue weighted by Crippen LogP contribution is 2.67. The molecule has 0 aromatic heterocycles. The van der Waals surface area contributed by atoms with Crippen molar-refractivity contribution >= 4 is 11.5 Å². The molecule has 33 heavy (non-hydrogen) atoms. The lowest BCUT2D eigenvalue weighted by Crippen LogP contribution is -2.51. The van der Waals surface area contributed by atoms with E-state index in [4.69, 9.17) is 0 Å². The predicted octanol–water partition coefficient (Wildman–Crippen LogP) is 5.77. The van der Waals surface area contributed by atoms with Crippen LogP contribution in [0.5, 0.6) is 0 Å². The van der Waals surface area contributed by atoms with Gasteiger partial charge in [-0.05, 0) is 98.1 Å². The summed E-state index contributed by atoms with van der Waals surface area (Å²) in [6.07, 6.45) is 9.67. The summed E-state index contributed by atoms with van der Waals surface area (Å²) in [5.41, 5.74) is 5.87. The predicted molar refractivity (Wildman–Crippen MR) is 134 cm³/mol. The zero-order valence-electron chi connectivity index (χ0n) is 19.5. The van der Waals surface area contributed by atoms with Crippen molar-refractivity contribution < 1.29 is 15.0 Å². The fraction of sp³-hybridized carbons (Fsp3) is 0.621. The number of carbonyl (C=O) groups is 1. The summed E-state index contributed by atoms with van der Waals surface area (Å²) in [5, 5.41) is 24.6. The zero-order valence-corrected chi connectivity index (χ0v) is 19.5. The molecule has 0 heterocycles. The van der Waals surface area contributed by atoms with Crippen LogP contribution in [0.15, 0.2) is 47.1 Å². The molecule has 1 aromatic carbocycles. The van der Waals surface area contributed by atoms with E-state index in [1.807, 2.05) is 13.1 Å². The first-order valence-corrected chi connectivity index (χ1v) is 12.5. The van der Waals surface area contributed by atoms with Gasteiger partial charge in [0.1, 0.15) is 0 Å². The number of aliphatic hydroxyl groups is 2. The maximum absolute atomic E-state index is 12.2. The summed E-state index contributed by atoms with van der Waals surface area (Å²) in [4.78, 5) is 12.2. The normalized spacial score (nSPS) is 35.2. The van der Waals surface area contributed by atoms with Gasteiger partial charge < -0.3 is 15.5 Å². The molecule has 2 fully saturated rings. The molecule has 3 N–H and O–H groups in total. The second-order valence-electron chi connectivity index (χ2n) is 10.8. The Kier molecular flexibility index (Phi) is 6.63. The fourth-order valence-corrected chi connectivity index (χ4v) is 7.72. The molecule has 4 nitrogen and oxygen atoms in total. The van der Waals surface area contributed by atoms with E-state index in [2.05, 4.69) is 36.5 Å². The van der Waals surface area contributed by atoms with Gasteiger partial charge in [0.25, 0.3) is 0 Å². The Balaban J connectivity index is 0.00000259. The van der Waals surface area contributed by atoms with Crippen molar-refractivity contribution in [2.75, 3.05) is 19.0 Å². The lowest BCUT2D eigenvalue weighted by molar-refractivity contribution is -0.114. The maximum atomic E-state index is 12.2. The first-order chi connectivity index (χ1) is 15.4. The molecule has 2 unspecified atom stereocenters.